The molecule has 0 fully saturated rings. The lowest BCUT2D eigenvalue weighted by Crippen LogP contribution is -2.36. The second-order valence-corrected chi connectivity index (χ2v) is 7.27. The van der Waals surface area contributed by atoms with Crippen LogP contribution in [-0.2, 0) is 13.0 Å². The molecular formula is C17H19N5OS. The molecule has 1 aliphatic heterocycles. The van der Waals surface area contributed by atoms with E-state index in [4.69, 9.17) is 0 Å². The Morgan fingerprint density at radius 1 is 1.33 bits per heavy atom. The number of nitrogens with zero attached hydrogens (tertiary/aromatic N) is 4. The SMILES string of the molecule is CC(C)c1sc(-n2cccc2)nc1C(=O)N1CCc2nc[nH]c2C1. The molecule has 3 aromatic rings. The van der Waals surface area contributed by atoms with Gasteiger partial charge in [0, 0.05) is 30.2 Å². The molecule has 24 heavy (non-hydrogen) atoms. The Morgan fingerprint density at radius 2 is 2.12 bits per heavy atom. The zero-order chi connectivity index (χ0) is 16.7. The third-order valence-corrected chi connectivity index (χ3v) is 5.63. The normalized spacial score (nSPS) is 14.2. The van der Waals surface area contributed by atoms with Crippen molar-refractivity contribution in [3.05, 3.63) is 52.8 Å². The number of aromatic nitrogens is 4. The fraction of sp³-hybridized carbons (Fsp3) is 0.353. The smallest absolute Gasteiger partial charge is 0.274 e. The highest BCUT2D eigenvalue weighted by Gasteiger charge is 2.28. The maximum atomic E-state index is 13.1. The molecule has 0 unspecified atom stereocenters. The van der Waals surface area contributed by atoms with E-state index in [2.05, 4.69) is 28.8 Å². The van der Waals surface area contributed by atoms with E-state index >= 15 is 0 Å². The molecule has 0 aliphatic carbocycles. The van der Waals surface area contributed by atoms with Gasteiger partial charge < -0.3 is 14.5 Å². The average Bonchev–Trinajstić information content (AvgIpc) is 3.31. The summed E-state index contributed by atoms with van der Waals surface area (Å²) in [6.07, 6.45) is 6.39. The second kappa shape index (κ2) is 5.90. The van der Waals surface area contributed by atoms with Crippen LogP contribution in [0.3, 0.4) is 0 Å². The molecule has 0 atom stereocenters. The number of amides is 1. The summed E-state index contributed by atoms with van der Waals surface area (Å²) in [5.74, 6) is 0.270. The lowest BCUT2D eigenvalue weighted by molar-refractivity contribution is 0.0725. The summed E-state index contributed by atoms with van der Waals surface area (Å²) in [5.41, 5.74) is 2.68. The number of fused-ring (bicyclic) bond motifs is 1. The fourth-order valence-corrected chi connectivity index (χ4v) is 4.00. The van der Waals surface area contributed by atoms with Gasteiger partial charge in [-0.25, -0.2) is 9.97 Å². The summed E-state index contributed by atoms with van der Waals surface area (Å²) in [6, 6.07) is 3.92. The molecule has 3 aromatic heterocycles. The van der Waals surface area contributed by atoms with E-state index in [-0.39, 0.29) is 11.8 Å². The molecular weight excluding hydrogens is 322 g/mol. The Bertz CT molecular complexity index is 862. The fourth-order valence-electron chi connectivity index (χ4n) is 2.97. The number of hydrogen-bond acceptors (Lipinski definition) is 4. The van der Waals surface area contributed by atoms with Crippen LogP contribution < -0.4 is 0 Å². The van der Waals surface area contributed by atoms with E-state index in [1.165, 1.54) is 0 Å². The van der Waals surface area contributed by atoms with Gasteiger partial charge in [0.2, 0.25) is 0 Å². The summed E-state index contributed by atoms with van der Waals surface area (Å²) < 4.78 is 1.95. The van der Waals surface area contributed by atoms with Crippen LogP contribution >= 0.6 is 11.3 Å². The number of H-pyrrole nitrogens is 1. The number of thiazole rings is 1. The molecule has 1 amide bonds. The van der Waals surface area contributed by atoms with Crippen molar-refractivity contribution < 1.29 is 4.79 Å². The standard InChI is InChI=1S/C17H19N5OS/c1-11(2)15-14(20-17(24-15)21-6-3-4-7-21)16(23)22-8-5-12-13(9-22)19-10-18-12/h3-4,6-7,10-11H,5,8-9H2,1-2H3,(H,18,19). The molecule has 1 aliphatic rings. The Hall–Kier alpha value is -2.41. The number of aromatic amines is 1. The molecule has 1 N–H and O–H groups in total. The van der Waals surface area contributed by atoms with Gasteiger partial charge in [0.25, 0.3) is 5.91 Å². The molecule has 124 valence electrons. The van der Waals surface area contributed by atoms with Crippen molar-refractivity contribution in [3.63, 3.8) is 0 Å². The first kappa shape index (κ1) is 15.1. The quantitative estimate of drug-likeness (QED) is 0.796. The highest BCUT2D eigenvalue weighted by atomic mass is 32.1. The summed E-state index contributed by atoms with van der Waals surface area (Å²) in [6.45, 7) is 5.46. The number of imidazole rings is 1. The average molecular weight is 341 g/mol. The van der Waals surface area contributed by atoms with Crippen LogP contribution in [-0.4, -0.2) is 36.9 Å². The van der Waals surface area contributed by atoms with Gasteiger partial charge >= 0.3 is 0 Å². The maximum Gasteiger partial charge on any atom is 0.274 e. The number of nitrogens with one attached hydrogen (secondary N) is 1. The maximum absolute atomic E-state index is 13.1. The largest absolute Gasteiger partial charge is 0.347 e. The molecule has 0 aromatic carbocycles. The Kier molecular flexibility index (Phi) is 3.72. The summed E-state index contributed by atoms with van der Waals surface area (Å²) in [4.78, 5) is 28.1. The third-order valence-electron chi connectivity index (χ3n) is 4.26. The van der Waals surface area contributed by atoms with Crippen molar-refractivity contribution >= 4 is 17.2 Å². The molecule has 0 radical (unpaired) electrons. The number of carbonyl (C=O) groups excluding carboxylic acids is 1. The Morgan fingerprint density at radius 3 is 2.88 bits per heavy atom. The van der Waals surface area contributed by atoms with Crippen molar-refractivity contribution in [2.24, 2.45) is 0 Å². The minimum absolute atomic E-state index is 0.00797. The highest BCUT2D eigenvalue weighted by molar-refractivity contribution is 7.14. The van der Waals surface area contributed by atoms with Crippen molar-refractivity contribution in [3.8, 4) is 5.13 Å². The molecule has 0 saturated heterocycles. The van der Waals surface area contributed by atoms with Crippen LogP contribution in [0.5, 0.6) is 0 Å². The number of rotatable bonds is 3. The number of hydrogen-bond donors (Lipinski definition) is 1. The monoisotopic (exact) mass is 341 g/mol. The van der Waals surface area contributed by atoms with E-state index in [1.54, 1.807) is 17.7 Å². The minimum atomic E-state index is 0.00797. The predicted molar refractivity (Wildman–Crippen MR) is 92.6 cm³/mol. The van der Waals surface area contributed by atoms with Gasteiger partial charge in [0.05, 0.1) is 24.3 Å². The van der Waals surface area contributed by atoms with Gasteiger partial charge in [-0.3, -0.25) is 4.79 Å². The first-order valence-electron chi connectivity index (χ1n) is 8.08. The van der Waals surface area contributed by atoms with Crippen LogP contribution in [0.1, 0.15) is 46.5 Å². The Labute approximate surface area is 144 Å². The van der Waals surface area contributed by atoms with Crippen molar-refractivity contribution in [2.75, 3.05) is 6.54 Å². The van der Waals surface area contributed by atoms with Crippen molar-refractivity contribution in [1.29, 1.82) is 0 Å². The van der Waals surface area contributed by atoms with Gasteiger partial charge in [-0.15, -0.1) is 11.3 Å². The zero-order valence-corrected chi connectivity index (χ0v) is 14.5. The van der Waals surface area contributed by atoms with Gasteiger partial charge in [0.15, 0.2) is 5.13 Å². The Balaban J connectivity index is 1.67. The van der Waals surface area contributed by atoms with Crippen LogP contribution in [0, 0.1) is 0 Å². The zero-order valence-electron chi connectivity index (χ0n) is 13.7. The minimum Gasteiger partial charge on any atom is -0.347 e. The van der Waals surface area contributed by atoms with Gasteiger partial charge in [-0.2, -0.15) is 0 Å². The van der Waals surface area contributed by atoms with Crippen LogP contribution in [0.4, 0.5) is 0 Å². The molecule has 4 heterocycles. The first-order chi connectivity index (χ1) is 11.6. The van der Waals surface area contributed by atoms with E-state index in [0.29, 0.717) is 18.8 Å². The van der Waals surface area contributed by atoms with Crippen LogP contribution in [0.25, 0.3) is 5.13 Å². The topological polar surface area (TPSA) is 66.8 Å². The van der Waals surface area contributed by atoms with Gasteiger partial charge in [-0.05, 0) is 18.1 Å². The van der Waals surface area contributed by atoms with E-state index in [0.717, 1.165) is 27.8 Å². The predicted octanol–water partition coefficient (Wildman–Crippen LogP) is 2.98. The van der Waals surface area contributed by atoms with E-state index in [1.807, 2.05) is 34.0 Å². The molecule has 0 saturated carbocycles. The van der Waals surface area contributed by atoms with Crippen molar-refractivity contribution in [2.45, 2.75) is 32.7 Å². The molecule has 6 nitrogen and oxygen atoms in total. The molecule has 4 rings (SSSR count). The van der Waals surface area contributed by atoms with Crippen LogP contribution in [0.2, 0.25) is 0 Å². The molecule has 0 spiro atoms. The first-order valence-corrected chi connectivity index (χ1v) is 8.89. The van der Waals surface area contributed by atoms with Crippen molar-refractivity contribution in [1.82, 2.24) is 24.4 Å². The lowest BCUT2D eigenvalue weighted by Gasteiger charge is -2.26. The summed E-state index contributed by atoms with van der Waals surface area (Å²) >= 11 is 1.59. The summed E-state index contributed by atoms with van der Waals surface area (Å²) in [5, 5.41) is 0.839. The molecule has 0 bridgehead atoms. The van der Waals surface area contributed by atoms with E-state index < -0.39 is 0 Å². The second-order valence-electron chi connectivity index (χ2n) is 6.26. The third kappa shape index (κ3) is 2.54. The lowest BCUT2D eigenvalue weighted by atomic mass is 10.1. The highest BCUT2D eigenvalue weighted by Crippen LogP contribution is 2.30. The van der Waals surface area contributed by atoms with Gasteiger partial charge in [-0.1, -0.05) is 13.8 Å². The van der Waals surface area contributed by atoms with Crippen LogP contribution in [0.15, 0.2) is 30.9 Å². The van der Waals surface area contributed by atoms with E-state index in [9.17, 15) is 4.79 Å². The molecule has 7 heteroatoms. The number of carbonyl (C=O) groups is 1. The summed E-state index contributed by atoms with van der Waals surface area (Å²) in [7, 11) is 0. The van der Waals surface area contributed by atoms with Gasteiger partial charge in [0.1, 0.15) is 5.69 Å².